The second-order valence-electron chi connectivity index (χ2n) is 5.15. The van der Waals surface area contributed by atoms with Gasteiger partial charge in [0.25, 0.3) is 0 Å². The molecule has 0 aliphatic carbocycles. The first kappa shape index (κ1) is 13.1. The van der Waals surface area contributed by atoms with Gasteiger partial charge in [0.1, 0.15) is 6.04 Å². The summed E-state index contributed by atoms with van der Waals surface area (Å²) >= 11 is 0. The van der Waals surface area contributed by atoms with Crippen molar-refractivity contribution in [1.82, 2.24) is 4.90 Å². The maximum absolute atomic E-state index is 9.44. The maximum Gasteiger partial charge on any atom is 0.124 e. The zero-order valence-corrected chi connectivity index (χ0v) is 11.3. The molecule has 1 aromatic carbocycles. The normalized spacial score (nSPS) is 26.6. The lowest BCUT2D eigenvalue weighted by atomic mass is 10.0. The van der Waals surface area contributed by atoms with E-state index in [9.17, 15) is 5.26 Å². The van der Waals surface area contributed by atoms with Crippen molar-refractivity contribution in [2.45, 2.75) is 39.0 Å². The van der Waals surface area contributed by atoms with Crippen molar-refractivity contribution in [3.63, 3.8) is 0 Å². The van der Waals surface area contributed by atoms with E-state index >= 15 is 0 Å². The lowest BCUT2D eigenvalue weighted by Crippen LogP contribution is -2.46. The highest BCUT2D eigenvalue weighted by atomic mass is 16.5. The lowest BCUT2D eigenvalue weighted by Gasteiger charge is -2.37. The summed E-state index contributed by atoms with van der Waals surface area (Å²) in [7, 11) is 0. The SMILES string of the molecule is Cc1ccc(C(C#N)N2C[C@@H](C)O[C@@H](C)C2)cc1. The van der Waals surface area contributed by atoms with Gasteiger partial charge < -0.3 is 4.74 Å². The van der Waals surface area contributed by atoms with E-state index in [0.29, 0.717) is 0 Å². The Hall–Kier alpha value is -1.37. The van der Waals surface area contributed by atoms with Gasteiger partial charge in [-0.2, -0.15) is 5.26 Å². The summed E-state index contributed by atoms with van der Waals surface area (Å²) in [4.78, 5) is 2.21. The van der Waals surface area contributed by atoms with Crippen LogP contribution in [-0.4, -0.2) is 30.2 Å². The van der Waals surface area contributed by atoms with Gasteiger partial charge in [-0.15, -0.1) is 0 Å². The molecule has 3 atom stereocenters. The van der Waals surface area contributed by atoms with Gasteiger partial charge in [-0.1, -0.05) is 29.8 Å². The minimum absolute atomic E-state index is 0.167. The van der Waals surface area contributed by atoms with E-state index in [1.807, 2.05) is 12.1 Å². The highest BCUT2D eigenvalue weighted by Crippen LogP contribution is 2.24. The number of hydrogen-bond acceptors (Lipinski definition) is 3. The third-order valence-corrected chi connectivity index (χ3v) is 3.33. The minimum atomic E-state index is -0.167. The summed E-state index contributed by atoms with van der Waals surface area (Å²) in [6.07, 6.45) is 0.380. The van der Waals surface area contributed by atoms with Gasteiger partial charge in [-0.3, -0.25) is 4.90 Å². The predicted octanol–water partition coefficient (Wildman–Crippen LogP) is 2.67. The Labute approximate surface area is 109 Å². The molecule has 0 N–H and O–H groups in total. The van der Waals surface area contributed by atoms with E-state index in [0.717, 1.165) is 18.7 Å². The molecular weight excluding hydrogens is 224 g/mol. The minimum Gasteiger partial charge on any atom is -0.373 e. The Bertz CT molecular complexity index is 425. The van der Waals surface area contributed by atoms with Gasteiger partial charge in [0.15, 0.2) is 0 Å². The van der Waals surface area contributed by atoms with Gasteiger partial charge in [0, 0.05) is 13.1 Å². The third kappa shape index (κ3) is 2.90. The molecule has 3 nitrogen and oxygen atoms in total. The van der Waals surface area contributed by atoms with Gasteiger partial charge in [0.2, 0.25) is 0 Å². The Morgan fingerprint density at radius 3 is 2.28 bits per heavy atom. The van der Waals surface area contributed by atoms with E-state index < -0.39 is 0 Å². The molecule has 18 heavy (non-hydrogen) atoms. The van der Waals surface area contributed by atoms with E-state index in [-0.39, 0.29) is 18.2 Å². The number of ether oxygens (including phenoxy) is 1. The molecule has 1 heterocycles. The molecule has 1 aliphatic heterocycles. The largest absolute Gasteiger partial charge is 0.373 e. The van der Waals surface area contributed by atoms with Crippen LogP contribution < -0.4 is 0 Å². The van der Waals surface area contributed by atoms with Crippen molar-refractivity contribution in [3.8, 4) is 6.07 Å². The Kier molecular flexibility index (Phi) is 4.00. The molecule has 1 unspecified atom stereocenters. The first-order chi connectivity index (χ1) is 8.60. The maximum atomic E-state index is 9.44. The van der Waals surface area contributed by atoms with Crippen molar-refractivity contribution in [3.05, 3.63) is 35.4 Å². The first-order valence-corrected chi connectivity index (χ1v) is 6.46. The molecule has 0 aromatic heterocycles. The predicted molar refractivity (Wildman–Crippen MR) is 71.1 cm³/mol. The van der Waals surface area contributed by atoms with Crippen LogP contribution in [0, 0.1) is 18.3 Å². The van der Waals surface area contributed by atoms with Gasteiger partial charge in [0.05, 0.1) is 18.3 Å². The summed E-state index contributed by atoms with van der Waals surface area (Å²) in [5, 5.41) is 9.44. The third-order valence-electron chi connectivity index (χ3n) is 3.33. The molecule has 0 amide bonds. The molecule has 0 saturated carbocycles. The molecule has 1 fully saturated rings. The van der Waals surface area contributed by atoms with Gasteiger partial charge in [-0.05, 0) is 26.3 Å². The van der Waals surface area contributed by atoms with Crippen LogP contribution in [0.15, 0.2) is 24.3 Å². The molecule has 0 bridgehead atoms. The van der Waals surface area contributed by atoms with E-state index in [2.05, 4.69) is 43.9 Å². The fourth-order valence-corrected chi connectivity index (χ4v) is 2.54. The number of aryl methyl sites for hydroxylation is 1. The number of hydrogen-bond donors (Lipinski definition) is 0. The second-order valence-corrected chi connectivity index (χ2v) is 5.15. The number of rotatable bonds is 2. The number of morpholine rings is 1. The first-order valence-electron chi connectivity index (χ1n) is 6.46. The molecule has 1 aromatic rings. The molecule has 96 valence electrons. The summed E-state index contributed by atoms with van der Waals surface area (Å²) < 4.78 is 5.71. The van der Waals surface area contributed by atoms with Gasteiger partial charge >= 0.3 is 0 Å². The van der Waals surface area contributed by atoms with Crippen LogP contribution in [-0.2, 0) is 4.74 Å². The van der Waals surface area contributed by atoms with Crippen molar-refractivity contribution in [2.75, 3.05) is 13.1 Å². The second kappa shape index (κ2) is 5.51. The molecule has 3 heteroatoms. The van der Waals surface area contributed by atoms with Crippen molar-refractivity contribution in [2.24, 2.45) is 0 Å². The van der Waals surface area contributed by atoms with Crippen LogP contribution in [0.5, 0.6) is 0 Å². The zero-order valence-electron chi connectivity index (χ0n) is 11.3. The molecular formula is C15H20N2O. The van der Waals surface area contributed by atoms with Crippen LogP contribution in [0.2, 0.25) is 0 Å². The molecule has 1 aliphatic rings. The monoisotopic (exact) mass is 244 g/mol. The summed E-state index contributed by atoms with van der Waals surface area (Å²) in [5.41, 5.74) is 2.29. The fourth-order valence-electron chi connectivity index (χ4n) is 2.54. The van der Waals surface area contributed by atoms with Crippen LogP contribution in [0.1, 0.15) is 31.0 Å². The van der Waals surface area contributed by atoms with Crippen LogP contribution in [0.25, 0.3) is 0 Å². The van der Waals surface area contributed by atoms with E-state index in [1.165, 1.54) is 5.56 Å². The van der Waals surface area contributed by atoms with Crippen LogP contribution in [0.4, 0.5) is 0 Å². The standard InChI is InChI=1S/C15H20N2O/c1-11-4-6-14(7-5-11)15(8-16)17-9-12(2)18-13(3)10-17/h4-7,12-13,15H,9-10H2,1-3H3/t12-,13+,15?. The molecule has 0 radical (unpaired) electrons. The molecule has 0 spiro atoms. The highest BCUT2D eigenvalue weighted by Gasteiger charge is 2.28. The Morgan fingerprint density at radius 1 is 1.22 bits per heavy atom. The van der Waals surface area contributed by atoms with Crippen LogP contribution in [0.3, 0.4) is 0 Å². The Morgan fingerprint density at radius 2 is 1.78 bits per heavy atom. The average molecular weight is 244 g/mol. The summed E-state index contributed by atoms with van der Waals surface area (Å²) in [6, 6.07) is 10.5. The quantitative estimate of drug-likeness (QED) is 0.802. The summed E-state index contributed by atoms with van der Waals surface area (Å²) in [6.45, 7) is 7.81. The van der Waals surface area contributed by atoms with E-state index in [4.69, 9.17) is 4.74 Å². The van der Waals surface area contributed by atoms with Crippen molar-refractivity contribution >= 4 is 0 Å². The van der Waals surface area contributed by atoms with E-state index in [1.54, 1.807) is 0 Å². The average Bonchev–Trinajstić information content (AvgIpc) is 2.31. The number of nitriles is 1. The summed E-state index contributed by atoms with van der Waals surface area (Å²) in [5.74, 6) is 0. The Balaban J connectivity index is 2.18. The fraction of sp³-hybridized carbons (Fsp3) is 0.533. The zero-order chi connectivity index (χ0) is 13.1. The number of nitrogens with zero attached hydrogens (tertiary/aromatic N) is 2. The lowest BCUT2D eigenvalue weighted by molar-refractivity contribution is -0.0750. The molecule has 1 saturated heterocycles. The topological polar surface area (TPSA) is 36.3 Å². The number of benzene rings is 1. The van der Waals surface area contributed by atoms with Crippen molar-refractivity contribution < 1.29 is 4.74 Å². The van der Waals surface area contributed by atoms with Gasteiger partial charge in [-0.25, -0.2) is 0 Å². The highest BCUT2D eigenvalue weighted by molar-refractivity contribution is 5.27. The van der Waals surface area contributed by atoms with Crippen LogP contribution >= 0.6 is 0 Å². The molecule has 2 rings (SSSR count). The van der Waals surface area contributed by atoms with Crippen molar-refractivity contribution in [1.29, 1.82) is 5.26 Å². The smallest absolute Gasteiger partial charge is 0.124 e.